The molecule has 4 heteroatoms. The zero-order chi connectivity index (χ0) is 13.7. The minimum absolute atomic E-state index is 0.219. The first kappa shape index (κ1) is 15.2. The van der Waals surface area contributed by atoms with Gasteiger partial charge in [0, 0.05) is 30.4 Å². The van der Waals surface area contributed by atoms with E-state index in [1.54, 1.807) is 0 Å². The molecule has 1 heterocycles. The van der Waals surface area contributed by atoms with Crippen LogP contribution in [0.1, 0.15) is 58.7 Å². The van der Waals surface area contributed by atoms with Crippen LogP contribution in [0.25, 0.3) is 0 Å². The first-order chi connectivity index (χ1) is 8.45. The van der Waals surface area contributed by atoms with Crippen molar-refractivity contribution in [3.05, 3.63) is 18.0 Å². The van der Waals surface area contributed by atoms with Gasteiger partial charge in [0.1, 0.15) is 0 Å². The molecule has 0 fully saturated rings. The average molecular weight is 253 g/mol. The number of rotatable bonds is 7. The smallest absolute Gasteiger partial charge is 0.0690 e. The average Bonchev–Trinajstić information content (AvgIpc) is 2.84. The molecule has 0 amide bonds. The summed E-state index contributed by atoms with van der Waals surface area (Å²) in [5, 5.41) is 17.6. The van der Waals surface area contributed by atoms with Gasteiger partial charge in [0.2, 0.25) is 0 Å². The van der Waals surface area contributed by atoms with Crippen LogP contribution in [0, 0.1) is 5.92 Å². The van der Waals surface area contributed by atoms with Gasteiger partial charge < -0.3 is 10.4 Å². The molecule has 0 saturated heterocycles. The number of aromatic nitrogens is 2. The van der Waals surface area contributed by atoms with Gasteiger partial charge in [-0.3, -0.25) is 4.68 Å². The van der Waals surface area contributed by atoms with Crippen LogP contribution in [0.2, 0.25) is 0 Å². The first-order valence-corrected chi connectivity index (χ1v) is 6.91. The summed E-state index contributed by atoms with van der Waals surface area (Å²) in [6, 6.07) is 0.605. The zero-order valence-electron chi connectivity index (χ0n) is 12.2. The molecule has 0 saturated carbocycles. The lowest BCUT2D eigenvalue weighted by Gasteiger charge is -2.20. The summed E-state index contributed by atoms with van der Waals surface area (Å²) in [6.07, 6.45) is 4.69. The molecule has 0 radical (unpaired) electrons. The maximum Gasteiger partial charge on any atom is 0.0690 e. The predicted octanol–water partition coefficient (Wildman–Crippen LogP) is 2.52. The van der Waals surface area contributed by atoms with Crippen molar-refractivity contribution in [2.24, 2.45) is 5.92 Å². The summed E-state index contributed by atoms with van der Waals surface area (Å²) in [5.41, 5.74) is 1.17. The second kappa shape index (κ2) is 6.90. The lowest BCUT2D eigenvalue weighted by molar-refractivity contribution is 0.110. The SMILES string of the molecule is CCC(C)C(O)CNC(C)c1cnn(C(C)C)c1. The Balaban J connectivity index is 2.47. The molecule has 0 aromatic carbocycles. The fourth-order valence-corrected chi connectivity index (χ4v) is 1.75. The molecule has 0 spiro atoms. The number of nitrogens with one attached hydrogen (secondary N) is 1. The minimum atomic E-state index is -0.280. The van der Waals surface area contributed by atoms with Crippen LogP contribution in [-0.4, -0.2) is 27.5 Å². The largest absolute Gasteiger partial charge is 0.392 e. The number of hydrogen-bond donors (Lipinski definition) is 2. The van der Waals surface area contributed by atoms with Crippen LogP contribution in [0.4, 0.5) is 0 Å². The molecule has 0 aliphatic rings. The van der Waals surface area contributed by atoms with E-state index in [1.807, 2.05) is 10.9 Å². The van der Waals surface area contributed by atoms with Crippen molar-refractivity contribution >= 4 is 0 Å². The second-order valence-corrected chi connectivity index (χ2v) is 5.43. The third kappa shape index (κ3) is 4.10. The monoisotopic (exact) mass is 253 g/mol. The molecule has 0 aliphatic heterocycles. The fraction of sp³-hybridized carbons (Fsp3) is 0.786. The number of hydrogen-bond acceptors (Lipinski definition) is 3. The Kier molecular flexibility index (Phi) is 5.82. The molecule has 0 aliphatic carbocycles. The number of nitrogens with zero attached hydrogens (tertiary/aromatic N) is 2. The van der Waals surface area contributed by atoms with Crippen molar-refractivity contribution in [3.8, 4) is 0 Å². The minimum Gasteiger partial charge on any atom is -0.392 e. The van der Waals surface area contributed by atoms with Gasteiger partial charge in [-0.05, 0) is 26.7 Å². The van der Waals surface area contributed by atoms with Crippen molar-refractivity contribution in [1.82, 2.24) is 15.1 Å². The Morgan fingerprint density at radius 2 is 2.00 bits per heavy atom. The Hall–Kier alpha value is -0.870. The molecule has 3 atom stereocenters. The van der Waals surface area contributed by atoms with E-state index >= 15 is 0 Å². The second-order valence-electron chi connectivity index (χ2n) is 5.43. The maximum atomic E-state index is 9.92. The Labute approximate surface area is 110 Å². The van der Waals surface area contributed by atoms with Gasteiger partial charge in [-0.2, -0.15) is 5.10 Å². The highest BCUT2D eigenvalue weighted by atomic mass is 16.3. The Morgan fingerprint density at radius 1 is 1.33 bits per heavy atom. The summed E-state index contributed by atoms with van der Waals surface area (Å²) >= 11 is 0. The summed E-state index contributed by atoms with van der Waals surface area (Å²) in [4.78, 5) is 0. The fourth-order valence-electron chi connectivity index (χ4n) is 1.75. The van der Waals surface area contributed by atoms with Crippen LogP contribution in [0.3, 0.4) is 0 Å². The lowest BCUT2D eigenvalue weighted by atomic mass is 10.0. The van der Waals surface area contributed by atoms with Crippen LogP contribution in [-0.2, 0) is 0 Å². The first-order valence-electron chi connectivity index (χ1n) is 6.91. The van der Waals surface area contributed by atoms with Gasteiger partial charge in [0.15, 0.2) is 0 Å². The van der Waals surface area contributed by atoms with Gasteiger partial charge in [0.05, 0.1) is 12.3 Å². The predicted molar refractivity (Wildman–Crippen MR) is 74.5 cm³/mol. The molecular formula is C14H27N3O. The van der Waals surface area contributed by atoms with E-state index in [9.17, 15) is 5.11 Å². The molecule has 4 nitrogen and oxygen atoms in total. The molecule has 2 N–H and O–H groups in total. The van der Waals surface area contributed by atoms with Gasteiger partial charge in [0.25, 0.3) is 0 Å². The van der Waals surface area contributed by atoms with Crippen molar-refractivity contribution in [3.63, 3.8) is 0 Å². The zero-order valence-corrected chi connectivity index (χ0v) is 12.2. The molecule has 1 rings (SSSR count). The highest BCUT2D eigenvalue weighted by Gasteiger charge is 2.14. The van der Waals surface area contributed by atoms with Gasteiger partial charge in [-0.25, -0.2) is 0 Å². The van der Waals surface area contributed by atoms with E-state index in [0.717, 1.165) is 6.42 Å². The molecule has 1 aromatic heterocycles. The third-order valence-electron chi connectivity index (χ3n) is 3.58. The maximum absolute atomic E-state index is 9.92. The summed E-state index contributed by atoms with van der Waals surface area (Å²) in [6.45, 7) is 11.1. The molecule has 104 valence electrons. The Morgan fingerprint density at radius 3 is 2.50 bits per heavy atom. The molecular weight excluding hydrogens is 226 g/mol. The summed E-state index contributed by atoms with van der Waals surface area (Å²) in [5.74, 6) is 0.336. The van der Waals surface area contributed by atoms with Crippen LogP contribution >= 0.6 is 0 Å². The molecule has 1 aromatic rings. The highest BCUT2D eigenvalue weighted by Crippen LogP contribution is 2.14. The van der Waals surface area contributed by atoms with E-state index in [1.165, 1.54) is 5.56 Å². The van der Waals surface area contributed by atoms with Crippen molar-refractivity contribution < 1.29 is 5.11 Å². The quantitative estimate of drug-likeness (QED) is 0.785. The standard InChI is InChI=1S/C14H27N3O/c1-6-11(4)14(18)8-15-12(5)13-7-16-17(9-13)10(2)3/h7,9-12,14-15,18H,6,8H2,1-5H3. The van der Waals surface area contributed by atoms with Crippen LogP contribution < -0.4 is 5.32 Å². The van der Waals surface area contributed by atoms with Gasteiger partial charge in [-0.15, -0.1) is 0 Å². The van der Waals surface area contributed by atoms with Crippen molar-refractivity contribution in [2.75, 3.05) is 6.54 Å². The van der Waals surface area contributed by atoms with Crippen molar-refractivity contribution in [1.29, 1.82) is 0 Å². The van der Waals surface area contributed by atoms with Gasteiger partial charge in [-0.1, -0.05) is 20.3 Å². The number of aliphatic hydroxyl groups is 1. The molecule has 3 unspecified atom stereocenters. The topological polar surface area (TPSA) is 50.1 Å². The highest BCUT2D eigenvalue weighted by molar-refractivity contribution is 5.09. The lowest BCUT2D eigenvalue weighted by Crippen LogP contribution is -2.32. The van der Waals surface area contributed by atoms with Crippen molar-refractivity contribution in [2.45, 2.75) is 59.2 Å². The third-order valence-corrected chi connectivity index (χ3v) is 3.58. The normalized spacial score (nSPS) is 16.8. The summed E-state index contributed by atoms with van der Waals surface area (Å²) in [7, 11) is 0. The molecule has 0 bridgehead atoms. The van der Waals surface area contributed by atoms with Crippen LogP contribution in [0.5, 0.6) is 0 Å². The van der Waals surface area contributed by atoms with Gasteiger partial charge >= 0.3 is 0 Å². The van der Waals surface area contributed by atoms with E-state index in [0.29, 0.717) is 18.5 Å². The van der Waals surface area contributed by atoms with Crippen LogP contribution in [0.15, 0.2) is 12.4 Å². The van der Waals surface area contributed by atoms with E-state index in [4.69, 9.17) is 0 Å². The van der Waals surface area contributed by atoms with E-state index in [2.05, 4.69) is 51.2 Å². The van der Waals surface area contributed by atoms with E-state index in [-0.39, 0.29) is 12.1 Å². The Bertz CT molecular complexity index is 349. The van der Waals surface area contributed by atoms with E-state index < -0.39 is 0 Å². The molecule has 18 heavy (non-hydrogen) atoms. The number of aliphatic hydroxyl groups excluding tert-OH is 1. The summed E-state index contributed by atoms with van der Waals surface area (Å²) < 4.78 is 1.96.